The molecule has 0 saturated carbocycles. The van der Waals surface area contributed by atoms with Gasteiger partial charge in [-0.3, -0.25) is 14.9 Å². The number of barbiturate groups is 1. The third kappa shape index (κ3) is 4.66. The minimum atomic E-state index is -0.759. The minimum absolute atomic E-state index is 0.0995. The fourth-order valence-corrected chi connectivity index (χ4v) is 4.11. The highest BCUT2D eigenvalue weighted by Crippen LogP contribution is 2.27. The molecular formula is C28H27N3O4. The predicted octanol–water partition coefficient (Wildman–Crippen LogP) is 4.89. The van der Waals surface area contributed by atoms with Crippen molar-refractivity contribution >= 4 is 29.6 Å². The van der Waals surface area contributed by atoms with Crippen LogP contribution in [0.4, 0.5) is 10.5 Å². The predicted molar refractivity (Wildman–Crippen MR) is 136 cm³/mol. The third-order valence-corrected chi connectivity index (χ3v) is 5.94. The Kier molecular flexibility index (Phi) is 6.68. The van der Waals surface area contributed by atoms with Crippen molar-refractivity contribution in [2.75, 3.05) is 11.5 Å². The first kappa shape index (κ1) is 23.8. The molecule has 0 atom stereocenters. The molecule has 2 heterocycles. The van der Waals surface area contributed by atoms with Gasteiger partial charge >= 0.3 is 6.03 Å². The number of nitrogens with one attached hydrogen (secondary N) is 1. The first-order valence-electron chi connectivity index (χ1n) is 11.4. The second-order valence-corrected chi connectivity index (χ2v) is 8.23. The molecule has 0 spiro atoms. The summed E-state index contributed by atoms with van der Waals surface area (Å²) in [6, 6.07) is 15.9. The number of rotatable bonds is 7. The van der Waals surface area contributed by atoms with E-state index in [0.29, 0.717) is 17.9 Å². The van der Waals surface area contributed by atoms with Crippen LogP contribution < -0.4 is 15.0 Å². The van der Waals surface area contributed by atoms with Gasteiger partial charge in [-0.1, -0.05) is 31.7 Å². The number of anilines is 1. The number of hydrogen-bond donors (Lipinski definition) is 1. The van der Waals surface area contributed by atoms with Gasteiger partial charge in [-0.05, 0) is 79.9 Å². The molecule has 1 aromatic heterocycles. The molecule has 1 aliphatic rings. The van der Waals surface area contributed by atoms with E-state index in [2.05, 4.69) is 11.9 Å². The second kappa shape index (κ2) is 9.85. The standard InChI is InChI=1S/C28H27N3O4/c1-5-15-35-24-13-11-22(12-14-24)30-18(3)16-21(19(30)4)17-25-26(32)29-28(34)31(27(25)33)23-9-7-20(6-2)8-10-23/h5,7-14,16-17H,1,6,15H2,2-4H3,(H,29,32,34)/b25-17-. The number of hydrogen-bond acceptors (Lipinski definition) is 4. The van der Waals surface area contributed by atoms with Gasteiger partial charge in [0.2, 0.25) is 0 Å². The molecule has 1 fully saturated rings. The van der Waals surface area contributed by atoms with Crippen LogP contribution in [0.3, 0.4) is 0 Å². The maximum Gasteiger partial charge on any atom is 0.335 e. The van der Waals surface area contributed by atoms with Gasteiger partial charge in [0.25, 0.3) is 11.8 Å². The fraction of sp³-hybridized carbons (Fsp3) is 0.179. The van der Waals surface area contributed by atoms with Gasteiger partial charge in [0, 0.05) is 17.1 Å². The molecule has 7 nitrogen and oxygen atoms in total. The van der Waals surface area contributed by atoms with E-state index in [4.69, 9.17) is 4.74 Å². The molecule has 0 bridgehead atoms. The zero-order chi connectivity index (χ0) is 25.1. The Bertz CT molecular complexity index is 1330. The highest BCUT2D eigenvalue weighted by molar-refractivity contribution is 6.39. The molecule has 4 amide bonds. The number of imide groups is 2. The molecule has 35 heavy (non-hydrogen) atoms. The van der Waals surface area contributed by atoms with E-state index in [-0.39, 0.29) is 5.57 Å². The monoisotopic (exact) mass is 469 g/mol. The van der Waals surface area contributed by atoms with E-state index < -0.39 is 17.8 Å². The Morgan fingerprint density at radius 3 is 2.26 bits per heavy atom. The summed E-state index contributed by atoms with van der Waals surface area (Å²) in [6.07, 6.45) is 4.06. The quantitative estimate of drug-likeness (QED) is 0.304. The first-order chi connectivity index (χ1) is 16.8. The number of benzene rings is 2. The number of carbonyl (C=O) groups is 3. The summed E-state index contributed by atoms with van der Waals surface area (Å²) in [7, 11) is 0. The Hall–Kier alpha value is -4.39. The number of urea groups is 1. The van der Waals surface area contributed by atoms with Crippen LogP contribution in [0, 0.1) is 13.8 Å². The molecule has 7 heteroatoms. The minimum Gasteiger partial charge on any atom is -0.490 e. The van der Waals surface area contributed by atoms with Crippen LogP contribution in [0.2, 0.25) is 0 Å². The molecule has 2 aromatic carbocycles. The average molecular weight is 470 g/mol. The summed E-state index contributed by atoms with van der Waals surface area (Å²) in [6.45, 7) is 9.97. The lowest BCUT2D eigenvalue weighted by atomic mass is 10.1. The summed E-state index contributed by atoms with van der Waals surface area (Å²) in [4.78, 5) is 39.4. The largest absolute Gasteiger partial charge is 0.490 e. The molecule has 0 radical (unpaired) electrons. The fourth-order valence-electron chi connectivity index (χ4n) is 4.11. The summed E-state index contributed by atoms with van der Waals surface area (Å²) in [5.41, 5.74) is 4.81. The lowest BCUT2D eigenvalue weighted by Crippen LogP contribution is -2.54. The number of aromatic nitrogens is 1. The molecular weight excluding hydrogens is 442 g/mol. The van der Waals surface area contributed by atoms with E-state index in [1.807, 2.05) is 67.8 Å². The number of ether oxygens (including phenoxy) is 1. The zero-order valence-electron chi connectivity index (χ0n) is 20.0. The number of nitrogens with zero attached hydrogens (tertiary/aromatic N) is 2. The summed E-state index contributed by atoms with van der Waals surface area (Å²) in [5, 5.41) is 2.28. The van der Waals surface area contributed by atoms with Crippen LogP contribution in [0.25, 0.3) is 11.8 Å². The number of amides is 4. The third-order valence-electron chi connectivity index (χ3n) is 5.94. The number of aryl methyl sites for hydroxylation is 2. The summed E-state index contributed by atoms with van der Waals surface area (Å²) < 4.78 is 7.58. The van der Waals surface area contributed by atoms with Crippen molar-refractivity contribution in [3.63, 3.8) is 0 Å². The van der Waals surface area contributed by atoms with Gasteiger partial charge in [0.1, 0.15) is 17.9 Å². The topological polar surface area (TPSA) is 80.6 Å². The van der Waals surface area contributed by atoms with Crippen LogP contribution in [-0.2, 0) is 16.0 Å². The Labute approximate surface area is 204 Å². The van der Waals surface area contributed by atoms with Crippen molar-refractivity contribution in [1.82, 2.24) is 9.88 Å². The first-order valence-corrected chi connectivity index (χ1v) is 11.4. The van der Waals surface area contributed by atoms with E-state index in [1.54, 1.807) is 18.2 Å². The SMILES string of the molecule is C=CCOc1ccc(-n2c(C)cc(/C=C3/C(=O)NC(=O)N(c4ccc(CC)cc4)C3=O)c2C)cc1. The Morgan fingerprint density at radius 1 is 0.971 bits per heavy atom. The van der Waals surface area contributed by atoms with E-state index >= 15 is 0 Å². The van der Waals surface area contributed by atoms with Crippen molar-refractivity contribution in [3.8, 4) is 11.4 Å². The van der Waals surface area contributed by atoms with Crippen molar-refractivity contribution in [3.05, 3.63) is 95.3 Å². The van der Waals surface area contributed by atoms with E-state index in [1.165, 1.54) is 6.08 Å². The van der Waals surface area contributed by atoms with Crippen molar-refractivity contribution in [1.29, 1.82) is 0 Å². The van der Waals surface area contributed by atoms with Gasteiger partial charge in [-0.2, -0.15) is 0 Å². The van der Waals surface area contributed by atoms with E-state index in [0.717, 1.165) is 39.7 Å². The lowest BCUT2D eigenvalue weighted by Gasteiger charge is -2.26. The highest BCUT2D eigenvalue weighted by atomic mass is 16.5. The van der Waals surface area contributed by atoms with Crippen LogP contribution in [0.1, 0.15) is 29.4 Å². The van der Waals surface area contributed by atoms with Crippen molar-refractivity contribution in [2.24, 2.45) is 0 Å². The summed E-state index contributed by atoms with van der Waals surface area (Å²) >= 11 is 0. The highest BCUT2D eigenvalue weighted by Gasteiger charge is 2.37. The van der Waals surface area contributed by atoms with Gasteiger partial charge in [0.15, 0.2) is 0 Å². The summed E-state index contributed by atoms with van der Waals surface area (Å²) in [5.74, 6) is -0.633. The lowest BCUT2D eigenvalue weighted by molar-refractivity contribution is -0.122. The van der Waals surface area contributed by atoms with Gasteiger partial charge in [-0.15, -0.1) is 0 Å². The van der Waals surface area contributed by atoms with Crippen LogP contribution in [0.5, 0.6) is 5.75 Å². The maximum absolute atomic E-state index is 13.3. The van der Waals surface area contributed by atoms with Crippen molar-refractivity contribution < 1.29 is 19.1 Å². The molecule has 0 aliphatic carbocycles. The van der Waals surface area contributed by atoms with Crippen molar-refractivity contribution in [2.45, 2.75) is 27.2 Å². The Balaban J connectivity index is 1.67. The zero-order valence-corrected chi connectivity index (χ0v) is 20.0. The molecule has 178 valence electrons. The number of carbonyl (C=O) groups excluding carboxylic acids is 3. The van der Waals surface area contributed by atoms with Gasteiger partial charge < -0.3 is 9.30 Å². The van der Waals surface area contributed by atoms with Crippen LogP contribution in [-0.4, -0.2) is 29.0 Å². The second-order valence-electron chi connectivity index (χ2n) is 8.23. The molecule has 0 unspecified atom stereocenters. The van der Waals surface area contributed by atoms with Gasteiger partial charge in [-0.25, -0.2) is 9.69 Å². The maximum atomic E-state index is 13.3. The van der Waals surface area contributed by atoms with E-state index in [9.17, 15) is 14.4 Å². The van der Waals surface area contributed by atoms with Crippen LogP contribution in [0.15, 0.2) is 72.8 Å². The van der Waals surface area contributed by atoms with Gasteiger partial charge in [0.05, 0.1) is 5.69 Å². The molecule has 1 saturated heterocycles. The van der Waals surface area contributed by atoms with Crippen LogP contribution >= 0.6 is 0 Å². The smallest absolute Gasteiger partial charge is 0.335 e. The molecule has 1 N–H and O–H groups in total. The average Bonchev–Trinajstić information content (AvgIpc) is 3.13. The normalized spacial score (nSPS) is 14.9. The Morgan fingerprint density at radius 2 is 1.63 bits per heavy atom. The molecule has 1 aliphatic heterocycles. The molecule has 4 rings (SSSR count). The molecule has 3 aromatic rings.